The van der Waals surface area contributed by atoms with Gasteiger partial charge in [-0.15, -0.1) is 0 Å². The summed E-state index contributed by atoms with van der Waals surface area (Å²) in [6.07, 6.45) is 1.61. The van der Waals surface area contributed by atoms with Gasteiger partial charge in [-0.2, -0.15) is 0 Å². The molecule has 0 radical (unpaired) electrons. The molecule has 0 saturated carbocycles. The SMILES string of the molecule is CCCNc1cc(NCCc2ccccc2F)nc(-c2ccccc2)n1. The van der Waals surface area contributed by atoms with Crippen LogP contribution in [0, 0.1) is 5.82 Å². The van der Waals surface area contributed by atoms with E-state index < -0.39 is 0 Å². The maximum absolute atomic E-state index is 13.7. The molecule has 26 heavy (non-hydrogen) atoms. The summed E-state index contributed by atoms with van der Waals surface area (Å²) >= 11 is 0. The monoisotopic (exact) mass is 350 g/mol. The van der Waals surface area contributed by atoms with E-state index in [1.165, 1.54) is 6.07 Å². The van der Waals surface area contributed by atoms with Gasteiger partial charge >= 0.3 is 0 Å². The smallest absolute Gasteiger partial charge is 0.163 e. The van der Waals surface area contributed by atoms with Crippen LogP contribution in [0.1, 0.15) is 18.9 Å². The molecule has 0 unspecified atom stereocenters. The molecule has 0 amide bonds. The van der Waals surface area contributed by atoms with Gasteiger partial charge in [0.1, 0.15) is 17.5 Å². The van der Waals surface area contributed by atoms with Crippen LogP contribution in [0.3, 0.4) is 0 Å². The molecule has 134 valence electrons. The van der Waals surface area contributed by atoms with Crippen LogP contribution >= 0.6 is 0 Å². The van der Waals surface area contributed by atoms with E-state index in [1.807, 2.05) is 42.5 Å². The van der Waals surface area contributed by atoms with Crippen molar-refractivity contribution in [3.8, 4) is 11.4 Å². The summed E-state index contributed by atoms with van der Waals surface area (Å²) < 4.78 is 13.7. The Morgan fingerprint density at radius 1 is 0.846 bits per heavy atom. The lowest BCUT2D eigenvalue weighted by atomic mass is 10.1. The number of nitrogens with zero attached hydrogens (tertiary/aromatic N) is 2. The fourth-order valence-electron chi connectivity index (χ4n) is 2.62. The zero-order chi connectivity index (χ0) is 18.2. The third kappa shape index (κ3) is 4.79. The van der Waals surface area contributed by atoms with Crippen LogP contribution in [0.2, 0.25) is 0 Å². The third-order valence-electron chi connectivity index (χ3n) is 3.97. The number of hydrogen-bond acceptors (Lipinski definition) is 4. The van der Waals surface area contributed by atoms with E-state index >= 15 is 0 Å². The van der Waals surface area contributed by atoms with Gasteiger partial charge in [0.05, 0.1) is 0 Å². The standard InChI is InChI=1S/C21H23FN4/c1-2-13-23-19-15-20(24-14-12-16-8-6-7-11-18(16)22)26-21(25-19)17-9-4-3-5-10-17/h3-11,15H,2,12-14H2,1H3,(H2,23,24,25,26). The molecule has 0 aliphatic heterocycles. The van der Waals surface area contributed by atoms with Gasteiger partial charge in [0.25, 0.3) is 0 Å². The zero-order valence-corrected chi connectivity index (χ0v) is 14.9. The molecule has 3 rings (SSSR count). The van der Waals surface area contributed by atoms with Crippen LogP contribution in [0.25, 0.3) is 11.4 Å². The Morgan fingerprint density at radius 2 is 1.50 bits per heavy atom. The molecule has 3 aromatic rings. The Kier molecular flexibility index (Phi) is 6.14. The second-order valence-electron chi connectivity index (χ2n) is 6.02. The Labute approximate surface area is 153 Å². The van der Waals surface area contributed by atoms with Crippen LogP contribution < -0.4 is 10.6 Å². The normalized spacial score (nSPS) is 10.5. The van der Waals surface area contributed by atoms with Crippen molar-refractivity contribution in [2.24, 2.45) is 0 Å². The summed E-state index contributed by atoms with van der Waals surface area (Å²) in [5, 5.41) is 6.60. The van der Waals surface area contributed by atoms with Gasteiger partial charge in [-0.25, -0.2) is 14.4 Å². The summed E-state index contributed by atoms with van der Waals surface area (Å²) in [4.78, 5) is 9.21. The van der Waals surface area contributed by atoms with Crippen LogP contribution in [-0.2, 0) is 6.42 Å². The van der Waals surface area contributed by atoms with E-state index in [2.05, 4.69) is 27.5 Å². The summed E-state index contributed by atoms with van der Waals surface area (Å²) in [7, 11) is 0. The van der Waals surface area contributed by atoms with Gasteiger partial charge in [0, 0.05) is 24.7 Å². The first-order valence-corrected chi connectivity index (χ1v) is 8.92. The van der Waals surface area contributed by atoms with Gasteiger partial charge in [0.15, 0.2) is 5.82 Å². The number of benzene rings is 2. The maximum atomic E-state index is 13.7. The van der Waals surface area contributed by atoms with E-state index in [0.29, 0.717) is 24.4 Å². The highest BCUT2D eigenvalue weighted by atomic mass is 19.1. The first kappa shape index (κ1) is 17.9. The van der Waals surface area contributed by atoms with E-state index in [9.17, 15) is 4.39 Å². The number of halogens is 1. The number of hydrogen-bond donors (Lipinski definition) is 2. The molecule has 0 spiro atoms. The quantitative estimate of drug-likeness (QED) is 0.615. The summed E-state index contributed by atoms with van der Waals surface area (Å²) in [5.41, 5.74) is 1.66. The molecule has 2 N–H and O–H groups in total. The van der Waals surface area contributed by atoms with Gasteiger partial charge in [-0.1, -0.05) is 55.5 Å². The highest BCUT2D eigenvalue weighted by molar-refractivity contribution is 5.61. The second kappa shape index (κ2) is 8.94. The molecule has 0 aliphatic rings. The minimum absolute atomic E-state index is 0.174. The molecule has 0 saturated heterocycles. The van der Waals surface area contributed by atoms with Gasteiger partial charge in [-0.3, -0.25) is 0 Å². The zero-order valence-electron chi connectivity index (χ0n) is 14.9. The summed E-state index contributed by atoms with van der Waals surface area (Å²) in [5.74, 6) is 2.01. The van der Waals surface area contributed by atoms with Crippen molar-refractivity contribution in [2.45, 2.75) is 19.8 Å². The predicted octanol–water partition coefficient (Wildman–Crippen LogP) is 4.76. The van der Waals surface area contributed by atoms with Gasteiger partial charge < -0.3 is 10.6 Å². The van der Waals surface area contributed by atoms with E-state index in [1.54, 1.807) is 12.1 Å². The van der Waals surface area contributed by atoms with Crippen LogP contribution in [0.5, 0.6) is 0 Å². The predicted molar refractivity (Wildman–Crippen MR) is 105 cm³/mol. The molecule has 0 aliphatic carbocycles. The van der Waals surface area contributed by atoms with Crippen molar-refractivity contribution < 1.29 is 4.39 Å². The molecule has 0 fully saturated rings. The Balaban J connectivity index is 1.75. The lowest BCUT2D eigenvalue weighted by Gasteiger charge is -2.11. The molecule has 2 aromatic carbocycles. The molecule has 0 atom stereocenters. The fourth-order valence-corrected chi connectivity index (χ4v) is 2.62. The largest absolute Gasteiger partial charge is 0.370 e. The second-order valence-corrected chi connectivity index (χ2v) is 6.02. The average molecular weight is 350 g/mol. The van der Waals surface area contributed by atoms with Crippen LogP contribution in [-0.4, -0.2) is 23.1 Å². The topological polar surface area (TPSA) is 49.8 Å². The van der Waals surface area contributed by atoms with Crippen molar-refractivity contribution in [3.05, 3.63) is 72.0 Å². The van der Waals surface area contributed by atoms with E-state index in [0.717, 1.165) is 30.2 Å². The number of anilines is 2. The van der Waals surface area contributed by atoms with Crippen molar-refractivity contribution in [1.82, 2.24) is 9.97 Å². The van der Waals surface area contributed by atoms with Gasteiger partial charge in [0.2, 0.25) is 0 Å². The number of nitrogens with one attached hydrogen (secondary N) is 2. The highest BCUT2D eigenvalue weighted by Gasteiger charge is 2.07. The van der Waals surface area contributed by atoms with E-state index in [-0.39, 0.29) is 5.82 Å². The minimum atomic E-state index is -0.174. The fraction of sp³-hybridized carbons (Fsp3) is 0.238. The van der Waals surface area contributed by atoms with Crippen LogP contribution in [0.15, 0.2) is 60.7 Å². The number of rotatable bonds is 8. The Morgan fingerprint density at radius 3 is 2.19 bits per heavy atom. The molecular weight excluding hydrogens is 327 g/mol. The average Bonchev–Trinajstić information content (AvgIpc) is 2.68. The molecule has 5 heteroatoms. The lowest BCUT2D eigenvalue weighted by Crippen LogP contribution is -2.10. The lowest BCUT2D eigenvalue weighted by molar-refractivity contribution is 0.610. The first-order valence-electron chi connectivity index (χ1n) is 8.92. The maximum Gasteiger partial charge on any atom is 0.163 e. The van der Waals surface area contributed by atoms with Crippen molar-refractivity contribution in [2.75, 3.05) is 23.7 Å². The Hall–Kier alpha value is -2.95. The summed E-state index contributed by atoms with van der Waals surface area (Å²) in [6.45, 7) is 3.55. The van der Waals surface area contributed by atoms with Crippen molar-refractivity contribution in [3.63, 3.8) is 0 Å². The molecular formula is C21H23FN4. The third-order valence-corrected chi connectivity index (χ3v) is 3.97. The molecule has 0 bridgehead atoms. The summed E-state index contributed by atoms with van der Waals surface area (Å²) in [6, 6.07) is 18.6. The minimum Gasteiger partial charge on any atom is -0.370 e. The van der Waals surface area contributed by atoms with E-state index in [4.69, 9.17) is 0 Å². The number of aromatic nitrogens is 2. The van der Waals surface area contributed by atoms with Crippen LogP contribution in [0.4, 0.5) is 16.0 Å². The molecule has 4 nitrogen and oxygen atoms in total. The molecule has 1 heterocycles. The first-order chi connectivity index (χ1) is 12.8. The van der Waals surface area contributed by atoms with Crippen molar-refractivity contribution in [1.29, 1.82) is 0 Å². The highest BCUT2D eigenvalue weighted by Crippen LogP contribution is 2.20. The Bertz CT molecular complexity index is 836. The molecule has 1 aromatic heterocycles. The van der Waals surface area contributed by atoms with Gasteiger partial charge in [-0.05, 0) is 24.5 Å². The van der Waals surface area contributed by atoms with Crippen molar-refractivity contribution >= 4 is 11.6 Å².